The van der Waals surface area contributed by atoms with Crippen molar-refractivity contribution in [1.29, 1.82) is 0 Å². The molecule has 2 aromatic carbocycles. The number of nitrogens with zero attached hydrogens (tertiary/aromatic N) is 2. The van der Waals surface area contributed by atoms with Crippen molar-refractivity contribution in [2.45, 2.75) is 11.6 Å². The molecule has 0 spiro atoms. The molecule has 0 N–H and O–H groups in total. The second-order valence-corrected chi connectivity index (χ2v) is 6.24. The summed E-state index contributed by atoms with van der Waals surface area (Å²) < 4.78 is 10.6. The van der Waals surface area contributed by atoms with Gasteiger partial charge < -0.3 is 9.15 Å². The number of ether oxygens (including phenoxy) is 1. The molecule has 5 nitrogen and oxygen atoms in total. The van der Waals surface area contributed by atoms with Gasteiger partial charge in [-0.2, -0.15) is 0 Å². The molecular weight excluding hydrogens is 348 g/mol. The van der Waals surface area contributed by atoms with Crippen LogP contribution in [0.1, 0.15) is 21.8 Å². The molecule has 3 aromatic rings. The maximum atomic E-state index is 12.2. The van der Waals surface area contributed by atoms with E-state index in [1.54, 1.807) is 43.5 Å². The first-order valence-electron chi connectivity index (χ1n) is 7.07. The van der Waals surface area contributed by atoms with Gasteiger partial charge in [-0.1, -0.05) is 23.7 Å². The van der Waals surface area contributed by atoms with Crippen LogP contribution in [-0.2, 0) is 6.42 Å². The largest absolute Gasteiger partial charge is 0.497 e. The van der Waals surface area contributed by atoms with Crippen molar-refractivity contribution in [2.75, 3.05) is 7.11 Å². The molecule has 0 saturated heterocycles. The molecule has 0 atom stereocenters. The van der Waals surface area contributed by atoms with Gasteiger partial charge in [0.2, 0.25) is 11.0 Å². The summed E-state index contributed by atoms with van der Waals surface area (Å²) in [6.07, 6.45) is 0.488. The lowest BCUT2D eigenvalue weighted by Gasteiger charge is -2.00. The highest BCUT2D eigenvalue weighted by atomic mass is 35.5. The Labute approximate surface area is 148 Å². The van der Waals surface area contributed by atoms with Crippen LogP contribution in [0.15, 0.2) is 58.2 Å². The normalized spacial score (nSPS) is 10.6. The van der Waals surface area contributed by atoms with Gasteiger partial charge in [0.05, 0.1) is 13.5 Å². The molecule has 0 saturated carbocycles. The van der Waals surface area contributed by atoms with Crippen LogP contribution in [0.4, 0.5) is 0 Å². The Hall–Kier alpha value is -2.31. The minimum absolute atomic E-state index is 0.167. The molecule has 0 fully saturated rings. The van der Waals surface area contributed by atoms with Gasteiger partial charge in [-0.15, -0.1) is 10.2 Å². The average molecular weight is 361 g/mol. The Morgan fingerprint density at radius 1 is 1.12 bits per heavy atom. The predicted molar refractivity (Wildman–Crippen MR) is 91.7 cm³/mol. The molecule has 0 radical (unpaired) electrons. The van der Waals surface area contributed by atoms with E-state index in [-0.39, 0.29) is 10.3 Å². The maximum absolute atomic E-state index is 12.2. The first kappa shape index (κ1) is 16.5. The molecule has 0 aliphatic carbocycles. The molecule has 3 rings (SSSR count). The standard InChI is InChI=1S/C17H13ClN2O3S/c1-22-14-8-4-12(5-9-14)16(21)24-17-20-19-15(23-17)10-11-2-6-13(18)7-3-11/h2-9H,10H2,1H3. The van der Waals surface area contributed by atoms with E-state index in [1.165, 1.54) is 0 Å². The zero-order valence-electron chi connectivity index (χ0n) is 12.7. The Bertz CT molecular complexity index is 832. The highest BCUT2D eigenvalue weighted by molar-refractivity contribution is 8.14. The quantitative estimate of drug-likeness (QED) is 0.633. The Morgan fingerprint density at radius 3 is 2.50 bits per heavy atom. The van der Waals surface area contributed by atoms with E-state index >= 15 is 0 Å². The number of hydrogen-bond acceptors (Lipinski definition) is 6. The fourth-order valence-electron chi connectivity index (χ4n) is 1.99. The second kappa shape index (κ2) is 7.51. The van der Waals surface area contributed by atoms with Crippen LogP contribution < -0.4 is 4.74 Å². The number of rotatable bonds is 5. The summed E-state index contributed by atoms with van der Waals surface area (Å²) in [5, 5.41) is 8.60. The number of hydrogen-bond donors (Lipinski definition) is 0. The van der Waals surface area contributed by atoms with Crippen molar-refractivity contribution < 1.29 is 13.9 Å². The van der Waals surface area contributed by atoms with Gasteiger partial charge in [0, 0.05) is 22.3 Å². The van der Waals surface area contributed by atoms with Gasteiger partial charge in [0.25, 0.3) is 5.22 Å². The van der Waals surface area contributed by atoms with E-state index in [0.29, 0.717) is 28.6 Å². The Balaban J connectivity index is 1.64. The summed E-state index contributed by atoms with van der Waals surface area (Å²) in [6.45, 7) is 0. The lowest BCUT2D eigenvalue weighted by molar-refractivity contribution is 0.108. The topological polar surface area (TPSA) is 65.2 Å². The Kier molecular flexibility index (Phi) is 5.17. The van der Waals surface area contributed by atoms with E-state index in [9.17, 15) is 4.79 Å². The Morgan fingerprint density at radius 2 is 1.83 bits per heavy atom. The zero-order chi connectivity index (χ0) is 16.9. The highest BCUT2D eigenvalue weighted by Gasteiger charge is 2.14. The van der Waals surface area contributed by atoms with Crippen LogP contribution in [0.25, 0.3) is 0 Å². The van der Waals surface area contributed by atoms with Crippen LogP contribution in [0.3, 0.4) is 0 Å². The van der Waals surface area contributed by atoms with Gasteiger partial charge in [-0.3, -0.25) is 4.79 Å². The van der Waals surface area contributed by atoms with Gasteiger partial charge in [0.15, 0.2) is 0 Å². The molecule has 7 heteroatoms. The van der Waals surface area contributed by atoms with Gasteiger partial charge >= 0.3 is 0 Å². The van der Waals surface area contributed by atoms with Gasteiger partial charge in [0.1, 0.15) is 5.75 Å². The molecule has 0 aliphatic heterocycles. The molecule has 0 amide bonds. The molecule has 24 heavy (non-hydrogen) atoms. The van der Waals surface area contributed by atoms with Crippen LogP contribution in [0.2, 0.25) is 5.02 Å². The van der Waals surface area contributed by atoms with Crippen molar-refractivity contribution in [3.05, 3.63) is 70.6 Å². The van der Waals surface area contributed by atoms with E-state index in [4.69, 9.17) is 20.8 Å². The summed E-state index contributed by atoms with van der Waals surface area (Å²) in [6, 6.07) is 14.2. The minimum Gasteiger partial charge on any atom is -0.497 e. The van der Waals surface area contributed by atoms with E-state index < -0.39 is 0 Å². The van der Waals surface area contributed by atoms with Crippen molar-refractivity contribution >= 4 is 28.5 Å². The van der Waals surface area contributed by atoms with Crippen molar-refractivity contribution in [3.63, 3.8) is 0 Å². The third-order valence-electron chi connectivity index (χ3n) is 3.22. The number of benzene rings is 2. The first-order chi connectivity index (χ1) is 11.6. The maximum Gasteiger partial charge on any atom is 0.284 e. The molecule has 0 bridgehead atoms. The molecule has 1 heterocycles. The number of aromatic nitrogens is 2. The SMILES string of the molecule is COc1ccc(C(=O)Sc2nnc(Cc3ccc(Cl)cc3)o2)cc1. The van der Waals surface area contributed by atoms with E-state index in [0.717, 1.165) is 17.3 Å². The molecular formula is C17H13ClN2O3S. The molecule has 122 valence electrons. The summed E-state index contributed by atoms with van der Waals surface area (Å²) >= 11 is 6.76. The summed E-state index contributed by atoms with van der Waals surface area (Å²) in [5.74, 6) is 1.14. The number of carbonyl (C=O) groups is 1. The lowest BCUT2D eigenvalue weighted by Crippen LogP contribution is -1.93. The monoisotopic (exact) mass is 360 g/mol. The smallest absolute Gasteiger partial charge is 0.284 e. The molecule has 0 unspecified atom stereocenters. The van der Waals surface area contributed by atoms with Crippen molar-refractivity contribution in [3.8, 4) is 5.75 Å². The summed E-state index contributed by atoms with van der Waals surface area (Å²) in [5.41, 5.74) is 1.54. The van der Waals surface area contributed by atoms with Crippen molar-refractivity contribution in [1.82, 2.24) is 10.2 Å². The fraction of sp³-hybridized carbons (Fsp3) is 0.118. The summed E-state index contributed by atoms with van der Waals surface area (Å²) in [7, 11) is 1.58. The fourth-order valence-corrected chi connectivity index (χ4v) is 2.75. The first-order valence-corrected chi connectivity index (χ1v) is 8.26. The number of carbonyl (C=O) groups excluding carboxylic acids is 1. The molecule has 1 aromatic heterocycles. The average Bonchev–Trinajstić information content (AvgIpc) is 3.04. The second-order valence-electron chi connectivity index (χ2n) is 4.88. The van der Waals surface area contributed by atoms with Crippen molar-refractivity contribution in [2.24, 2.45) is 0 Å². The van der Waals surface area contributed by atoms with E-state index in [1.807, 2.05) is 12.1 Å². The minimum atomic E-state index is -0.167. The van der Waals surface area contributed by atoms with Crippen LogP contribution >= 0.6 is 23.4 Å². The number of thioether (sulfide) groups is 1. The third kappa shape index (κ3) is 4.15. The predicted octanol–water partition coefficient (Wildman–Crippen LogP) is 4.25. The van der Waals surface area contributed by atoms with Crippen LogP contribution in [0, 0.1) is 0 Å². The van der Waals surface area contributed by atoms with Gasteiger partial charge in [-0.05, 0) is 42.0 Å². The summed E-state index contributed by atoms with van der Waals surface area (Å²) in [4.78, 5) is 12.2. The van der Waals surface area contributed by atoms with Crippen LogP contribution in [-0.4, -0.2) is 22.4 Å². The highest BCUT2D eigenvalue weighted by Crippen LogP contribution is 2.23. The zero-order valence-corrected chi connectivity index (χ0v) is 14.3. The molecule has 0 aliphatic rings. The van der Waals surface area contributed by atoms with Crippen LogP contribution in [0.5, 0.6) is 5.75 Å². The lowest BCUT2D eigenvalue weighted by atomic mass is 10.1. The number of methoxy groups -OCH3 is 1. The number of halogens is 1. The third-order valence-corrected chi connectivity index (χ3v) is 4.24. The van der Waals surface area contributed by atoms with E-state index in [2.05, 4.69) is 10.2 Å². The van der Waals surface area contributed by atoms with Gasteiger partial charge in [-0.25, -0.2) is 0 Å².